The van der Waals surface area contributed by atoms with Crippen molar-refractivity contribution < 1.29 is 9.18 Å². The van der Waals surface area contributed by atoms with Crippen molar-refractivity contribution in [3.05, 3.63) is 61.7 Å². The number of rotatable bonds is 2. The lowest BCUT2D eigenvalue weighted by Crippen LogP contribution is -2.14. The summed E-state index contributed by atoms with van der Waals surface area (Å²) >= 11 is 12.4. The number of hydrogen-bond donors (Lipinski definition) is 1. The molecule has 1 amide bonds. The summed E-state index contributed by atoms with van der Waals surface area (Å²) in [4.78, 5) is 12.1. The summed E-state index contributed by atoms with van der Waals surface area (Å²) in [5.41, 5.74) is 0.356. The van der Waals surface area contributed by atoms with Gasteiger partial charge in [-0.25, -0.2) is 4.39 Å². The Morgan fingerprint density at radius 3 is 2.42 bits per heavy atom. The topological polar surface area (TPSA) is 29.1 Å². The summed E-state index contributed by atoms with van der Waals surface area (Å²) in [6.07, 6.45) is 0. The number of hydrogen-bond acceptors (Lipinski definition) is 1. The summed E-state index contributed by atoms with van der Waals surface area (Å²) in [5, 5.41) is 2.78. The van der Waals surface area contributed by atoms with Crippen molar-refractivity contribution in [3.8, 4) is 0 Å². The average molecular weight is 407 g/mol. The van der Waals surface area contributed by atoms with E-state index in [0.29, 0.717) is 8.95 Å². The summed E-state index contributed by atoms with van der Waals surface area (Å²) in [5.74, 6) is -0.994. The third kappa shape index (κ3) is 3.16. The molecule has 0 bridgehead atoms. The van der Waals surface area contributed by atoms with Gasteiger partial charge in [0.2, 0.25) is 0 Å². The number of nitrogens with one attached hydrogen (secondary N) is 1. The Balaban J connectivity index is 2.34. The maximum Gasteiger partial charge on any atom is 0.257 e. The van der Waals surface area contributed by atoms with E-state index in [2.05, 4.69) is 37.2 Å². The minimum absolute atomic E-state index is 0.0866. The zero-order valence-electron chi connectivity index (χ0n) is 9.38. The second-order valence-corrected chi connectivity index (χ2v) is 5.74. The largest absolute Gasteiger partial charge is 0.318 e. The van der Waals surface area contributed by atoms with Crippen molar-refractivity contribution in [1.29, 1.82) is 0 Å². The van der Waals surface area contributed by atoms with Crippen LogP contribution in [0.4, 0.5) is 10.1 Å². The SMILES string of the molecule is O=C(Nc1c(F)cccc1Br)c1cccc(Br)c1Cl. The molecule has 0 fully saturated rings. The van der Waals surface area contributed by atoms with Gasteiger partial charge in [0, 0.05) is 8.95 Å². The van der Waals surface area contributed by atoms with Crippen LogP contribution in [0.3, 0.4) is 0 Å². The Morgan fingerprint density at radius 2 is 1.74 bits per heavy atom. The predicted molar refractivity (Wildman–Crippen MR) is 81.2 cm³/mol. The van der Waals surface area contributed by atoms with E-state index in [4.69, 9.17) is 11.6 Å². The van der Waals surface area contributed by atoms with Gasteiger partial charge in [-0.15, -0.1) is 0 Å². The molecule has 6 heteroatoms. The van der Waals surface area contributed by atoms with E-state index in [-0.39, 0.29) is 16.3 Å². The van der Waals surface area contributed by atoms with Crippen LogP contribution in [-0.2, 0) is 0 Å². The van der Waals surface area contributed by atoms with Gasteiger partial charge in [-0.05, 0) is 56.1 Å². The molecule has 0 aromatic heterocycles. The first kappa shape index (κ1) is 14.5. The van der Waals surface area contributed by atoms with Crippen molar-refractivity contribution in [3.63, 3.8) is 0 Å². The molecule has 0 saturated carbocycles. The molecule has 0 aliphatic rings. The fourth-order valence-corrected chi connectivity index (χ4v) is 2.50. The van der Waals surface area contributed by atoms with Crippen molar-refractivity contribution in [2.75, 3.05) is 5.32 Å². The zero-order chi connectivity index (χ0) is 14.0. The highest BCUT2D eigenvalue weighted by molar-refractivity contribution is 9.11. The second-order valence-electron chi connectivity index (χ2n) is 3.65. The second kappa shape index (κ2) is 6.03. The number of carbonyl (C=O) groups excluding carboxylic acids is 1. The Labute approximate surface area is 131 Å². The molecule has 98 valence electrons. The highest BCUT2D eigenvalue weighted by Crippen LogP contribution is 2.29. The zero-order valence-corrected chi connectivity index (χ0v) is 13.3. The van der Waals surface area contributed by atoms with E-state index in [1.165, 1.54) is 6.07 Å². The van der Waals surface area contributed by atoms with Gasteiger partial charge in [0.05, 0.1) is 16.3 Å². The van der Waals surface area contributed by atoms with Crippen molar-refractivity contribution >= 4 is 55.1 Å². The van der Waals surface area contributed by atoms with Crippen LogP contribution in [0.25, 0.3) is 0 Å². The Bertz CT molecular complexity index is 628. The molecule has 0 aliphatic carbocycles. The summed E-state index contributed by atoms with van der Waals surface area (Å²) < 4.78 is 14.7. The highest BCUT2D eigenvalue weighted by Gasteiger charge is 2.15. The molecule has 2 nitrogen and oxygen atoms in total. The average Bonchev–Trinajstić information content (AvgIpc) is 2.37. The number of para-hydroxylation sites is 1. The first-order chi connectivity index (χ1) is 9.00. The van der Waals surface area contributed by atoms with Gasteiger partial charge < -0.3 is 5.32 Å². The number of amides is 1. The third-order valence-electron chi connectivity index (χ3n) is 2.40. The van der Waals surface area contributed by atoms with E-state index in [1.54, 1.807) is 30.3 Å². The van der Waals surface area contributed by atoms with Crippen LogP contribution in [0.15, 0.2) is 45.3 Å². The smallest absolute Gasteiger partial charge is 0.257 e. The minimum Gasteiger partial charge on any atom is -0.318 e. The summed E-state index contributed by atoms with van der Waals surface area (Å²) in [7, 11) is 0. The van der Waals surface area contributed by atoms with E-state index in [9.17, 15) is 9.18 Å². The first-order valence-corrected chi connectivity index (χ1v) is 7.16. The molecule has 2 aromatic rings. The van der Waals surface area contributed by atoms with Gasteiger partial charge in [0.1, 0.15) is 5.82 Å². The van der Waals surface area contributed by atoms with E-state index in [0.717, 1.165) is 0 Å². The Kier molecular flexibility index (Phi) is 4.60. The lowest BCUT2D eigenvalue weighted by molar-refractivity contribution is 0.102. The third-order valence-corrected chi connectivity index (χ3v) is 4.35. The van der Waals surface area contributed by atoms with Crippen LogP contribution >= 0.6 is 43.5 Å². The molecule has 2 rings (SSSR count). The Hall–Kier alpha value is -0.910. The molecule has 0 aliphatic heterocycles. The van der Waals surface area contributed by atoms with Gasteiger partial charge >= 0.3 is 0 Å². The molecule has 0 atom stereocenters. The number of anilines is 1. The number of benzene rings is 2. The minimum atomic E-state index is -0.520. The maximum absolute atomic E-state index is 13.6. The van der Waals surface area contributed by atoms with Crippen molar-refractivity contribution in [1.82, 2.24) is 0 Å². The first-order valence-electron chi connectivity index (χ1n) is 5.20. The van der Waals surface area contributed by atoms with Crippen LogP contribution in [0, 0.1) is 5.82 Å². The normalized spacial score (nSPS) is 10.3. The monoisotopic (exact) mass is 405 g/mol. The van der Waals surface area contributed by atoms with E-state index >= 15 is 0 Å². The van der Waals surface area contributed by atoms with Crippen LogP contribution in [0.2, 0.25) is 5.02 Å². The lowest BCUT2D eigenvalue weighted by Gasteiger charge is -2.10. The Morgan fingerprint density at radius 1 is 1.11 bits per heavy atom. The number of carbonyl (C=O) groups is 1. The molecule has 0 saturated heterocycles. The van der Waals surface area contributed by atoms with Gasteiger partial charge in [-0.2, -0.15) is 0 Å². The van der Waals surface area contributed by atoms with E-state index < -0.39 is 11.7 Å². The summed E-state index contributed by atoms with van der Waals surface area (Å²) in [6.45, 7) is 0. The standard InChI is InChI=1S/C13H7Br2ClFNO/c14-8-4-1-3-7(11(8)16)13(19)18-12-9(15)5-2-6-10(12)17/h1-6H,(H,18,19). The van der Waals surface area contributed by atoms with Crippen LogP contribution in [0.1, 0.15) is 10.4 Å². The van der Waals surface area contributed by atoms with E-state index in [1.807, 2.05) is 0 Å². The van der Waals surface area contributed by atoms with Crippen LogP contribution < -0.4 is 5.32 Å². The molecular weight excluding hydrogens is 400 g/mol. The van der Waals surface area contributed by atoms with Gasteiger partial charge in [0.25, 0.3) is 5.91 Å². The molecular formula is C13H7Br2ClFNO. The van der Waals surface area contributed by atoms with Gasteiger partial charge in [-0.1, -0.05) is 23.7 Å². The molecule has 0 unspecified atom stereocenters. The molecule has 2 aromatic carbocycles. The maximum atomic E-state index is 13.6. The van der Waals surface area contributed by atoms with Crippen molar-refractivity contribution in [2.24, 2.45) is 0 Å². The molecule has 0 radical (unpaired) electrons. The van der Waals surface area contributed by atoms with Gasteiger partial charge in [-0.3, -0.25) is 4.79 Å². The van der Waals surface area contributed by atoms with Crippen molar-refractivity contribution in [2.45, 2.75) is 0 Å². The van der Waals surface area contributed by atoms with Gasteiger partial charge in [0.15, 0.2) is 0 Å². The van der Waals surface area contributed by atoms with Crippen LogP contribution in [0.5, 0.6) is 0 Å². The quantitative estimate of drug-likeness (QED) is 0.723. The molecule has 1 N–H and O–H groups in total. The molecule has 0 heterocycles. The summed E-state index contributed by atoms with van der Waals surface area (Å²) in [6, 6.07) is 9.42. The molecule has 19 heavy (non-hydrogen) atoms. The highest BCUT2D eigenvalue weighted by atomic mass is 79.9. The molecule has 0 spiro atoms. The number of halogens is 4. The fraction of sp³-hybridized carbons (Fsp3) is 0. The lowest BCUT2D eigenvalue weighted by atomic mass is 10.2. The predicted octanol–water partition coefficient (Wildman–Crippen LogP) is 5.26. The fourth-order valence-electron chi connectivity index (χ4n) is 1.48. The van der Waals surface area contributed by atoms with Crippen LogP contribution in [-0.4, -0.2) is 5.91 Å².